The molecule has 1 unspecified atom stereocenters. The van der Waals surface area contributed by atoms with E-state index in [2.05, 4.69) is 81.6 Å². The highest BCUT2D eigenvalue weighted by atomic mass is 127. The molecule has 0 heterocycles. The van der Waals surface area contributed by atoms with E-state index in [0.29, 0.717) is 11.3 Å². The average molecular weight is 724 g/mol. The zero-order valence-electron chi connectivity index (χ0n) is 15.9. The minimum Gasteiger partial charge on any atom is -0.508 e. The van der Waals surface area contributed by atoms with E-state index in [-0.39, 0.29) is 17.1 Å². The summed E-state index contributed by atoms with van der Waals surface area (Å²) in [5.74, 6) is 0.435. The topological polar surface area (TPSA) is 46.5 Å². The van der Waals surface area contributed by atoms with Crippen LogP contribution >= 0.6 is 67.8 Å². The number of phenols is 1. The lowest BCUT2D eigenvalue weighted by Gasteiger charge is -2.30. The van der Waals surface area contributed by atoms with Crippen LogP contribution in [0.3, 0.4) is 0 Å². The van der Waals surface area contributed by atoms with Crippen LogP contribution < -0.4 is 4.74 Å². The SMILES string of the molecule is CCC(C)(c1ccc(O)cc1)c1ccc(OC(=O)c2c(I)ccc(I)c2I)cc1. The summed E-state index contributed by atoms with van der Waals surface area (Å²) in [6.45, 7) is 4.32. The normalized spacial score (nSPS) is 13.0. The van der Waals surface area contributed by atoms with Crippen LogP contribution in [-0.4, -0.2) is 11.1 Å². The third kappa shape index (κ3) is 4.90. The molecule has 0 saturated heterocycles. The van der Waals surface area contributed by atoms with E-state index in [1.54, 1.807) is 12.1 Å². The Hall–Kier alpha value is -0.880. The molecule has 3 nitrogen and oxygen atoms in total. The third-order valence-electron chi connectivity index (χ3n) is 5.16. The summed E-state index contributed by atoms with van der Waals surface area (Å²) in [7, 11) is 0. The smallest absolute Gasteiger partial charge is 0.345 e. The minimum atomic E-state index is -0.346. The van der Waals surface area contributed by atoms with E-state index in [1.165, 1.54) is 0 Å². The van der Waals surface area contributed by atoms with E-state index in [4.69, 9.17) is 4.74 Å². The van der Waals surface area contributed by atoms with Crippen LogP contribution in [-0.2, 0) is 5.41 Å². The first-order valence-electron chi connectivity index (χ1n) is 9.02. The van der Waals surface area contributed by atoms with Crippen LogP contribution in [0.25, 0.3) is 0 Å². The fourth-order valence-corrected chi connectivity index (χ4v) is 5.49. The number of esters is 1. The molecule has 0 aromatic heterocycles. The van der Waals surface area contributed by atoms with Gasteiger partial charge in [0.15, 0.2) is 0 Å². The molecule has 29 heavy (non-hydrogen) atoms. The number of rotatable bonds is 5. The number of carbonyl (C=O) groups excluding carboxylic acids is 1. The van der Waals surface area contributed by atoms with Gasteiger partial charge in [0.1, 0.15) is 11.5 Å². The van der Waals surface area contributed by atoms with Crippen molar-refractivity contribution in [3.63, 3.8) is 0 Å². The van der Waals surface area contributed by atoms with Crippen molar-refractivity contribution < 1.29 is 14.6 Å². The van der Waals surface area contributed by atoms with Crippen molar-refractivity contribution in [3.05, 3.63) is 88.1 Å². The summed E-state index contributed by atoms with van der Waals surface area (Å²) >= 11 is 6.57. The van der Waals surface area contributed by atoms with Crippen molar-refractivity contribution >= 4 is 73.7 Å². The van der Waals surface area contributed by atoms with Gasteiger partial charge in [-0.05, 0) is 122 Å². The van der Waals surface area contributed by atoms with Crippen molar-refractivity contribution in [2.45, 2.75) is 25.7 Å². The fourth-order valence-electron chi connectivity index (χ4n) is 3.17. The molecule has 1 atom stereocenters. The molecule has 3 rings (SSSR count). The molecule has 0 amide bonds. The molecule has 6 heteroatoms. The van der Waals surface area contributed by atoms with Gasteiger partial charge in [-0.1, -0.05) is 38.1 Å². The Labute approximate surface area is 211 Å². The van der Waals surface area contributed by atoms with Gasteiger partial charge in [0.05, 0.1) is 5.56 Å². The zero-order chi connectivity index (χ0) is 21.2. The van der Waals surface area contributed by atoms with Crippen LogP contribution in [0.15, 0.2) is 60.7 Å². The summed E-state index contributed by atoms with van der Waals surface area (Å²) in [6, 6.07) is 18.9. The second-order valence-corrected chi connectivity index (χ2v) is 10.3. The van der Waals surface area contributed by atoms with Gasteiger partial charge in [0.25, 0.3) is 0 Å². The van der Waals surface area contributed by atoms with Gasteiger partial charge in [0.2, 0.25) is 0 Å². The lowest BCUT2D eigenvalue weighted by molar-refractivity contribution is 0.0732. The maximum atomic E-state index is 12.7. The number of hydrogen-bond donors (Lipinski definition) is 1. The van der Waals surface area contributed by atoms with Gasteiger partial charge in [-0.2, -0.15) is 0 Å². The van der Waals surface area contributed by atoms with Gasteiger partial charge >= 0.3 is 5.97 Å². The standard InChI is InChI=1S/C23H19I3O3/c1-3-23(2,14-4-8-16(27)9-5-14)15-6-10-17(11-7-15)29-22(28)20-18(24)12-13-19(25)21(20)26/h4-13,27H,3H2,1-2H3. The molecule has 3 aromatic rings. The highest BCUT2D eigenvalue weighted by Gasteiger charge is 2.27. The summed E-state index contributed by atoms with van der Waals surface area (Å²) < 4.78 is 8.46. The van der Waals surface area contributed by atoms with E-state index >= 15 is 0 Å². The molecule has 0 aliphatic heterocycles. The minimum absolute atomic E-state index is 0.198. The van der Waals surface area contributed by atoms with Crippen LogP contribution in [0.4, 0.5) is 0 Å². The second-order valence-electron chi connectivity index (χ2n) is 6.86. The molecule has 0 aliphatic rings. The Morgan fingerprint density at radius 1 is 0.897 bits per heavy atom. The van der Waals surface area contributed by atoms with E-state index < -0.39 is 0 Å². The molecule has 0 aliphatic carbocycles. The van der Waals surface area contributed by atoms with Gasteiger partial charge < -0.3 is 9.84 Å². The zero-order valence-corrected chi connectivity index (χ0v) is 22.4. The number of carbonyl (C=O) groups is 1. The summed E-state index contributed by atoms with van der Waals surface area (Å²) in [5, 5.41) is 9.59. The molecular formula is C23H19I3O3. The predicted molar refractivity (Wildman–Crippen MR) is 141 cm³/mol. The van der Waals surface area contributed by atoms with Crippen LogP contribution in [0.2, 0.25) is 0 Å². The number of halogens is 3. The van der Waals surface area contributed by atoms with Crippen molar-refractivity contribution in [1.29, 1.82) is 0 Å². The van der Waals surface area contributed by atoms with Crippen LogP contribution in [0.1, 0.15) is 41.8 Å². The van der Waals surface area contributed by atoms with Crippen LogP contribution in [0.5, 0.6) is 11.5 Å². The molecule has 1 N–H and O–H groups in total. The quantitative estimate of drug-likeness (QED) is 0.132. The predicted octanol–water partition coefficient (Wildman–Crippen LogP) is 7.14. The molecule has 0 spiro atoms. The van der Waals surface area contributed by atoms with Crippen molar-refractivity contribution in [3.8, 4) is 11.5 Å². The van der Waals surface area contributed by atoms with Crippen molar-refractivity contribution in [2.24, 2.45) is 0 Å². The Kier molecular flexibility index (Phi) is 7.47. The molecule has 3 aromatic carbocycles. The molecule has 0 radical (unpaired) electrons. The van der Waals surface area contributed by atoms with Crippen LogP contribution in [0, 0.1) is 10.7 Å². The Balaban J connectivity index is 1.86. The number of hydrogen-bond acceptors (Lipinski definition) is 3. The second kappa shape index (κ2) is 9.51. The highest BCUT2D eigenvalue weighted by Crippen LogP contribution is 2.36. The largest absolute Gasteiger partial charge is 0.508 e. The first-order chi connectivity index (χ1) is 13.8. The number of phenolic OH excluding ortho intramolecular Hbond substituents is 1. The summed E-state index contributed by atoms with van der Waals surface area (Å²) in [5.41, 5.74) is 2.66. The van der Waals surface area contributed by atoms with Gasteiger partial charge in [-0.3, -0.25) is 0 Å². The van der Waals surface area contributed by atoms with Crippen molar-refractivity contribution in [1.82, 2.24) is 0 Å². The highest BCUT2D eigenvalue weighted by molar-refractivity contribution is 14.1. The van der Waals surface area contributed by atoms with Gasteiger partial charge in [-0.15, -0.1) is 0 Å². The maximum absolute atomic E-state index is 12.7. The average Bonchev–Trinajstić information content (AvgIpc) is 2.71. The first kappa shape index (κ1) is 22.8. The number of ether oxygens (including phenoxy) is 1. The lowest BCUT2D eigenvalue weighted by atomic mass is 9.74. The van der Waals surface area contributed by atoms with Gasteiger partial charge in [0, 0.05) is 16.1 Å². The van der Waals surface area contributed by atoms with Crippen molar-refractivity contribution in [2.75, 3.05) is 0 Å². The molecule has 0 fully saturated rings. The monoisotopic (exact) mass is 724 g/mol. The summed E-state index contributed by atoms with van der Waals surface area (Å²) in [4.78, 5) is 12.7. The Bertz CT molecular complexity index is 1030. The van der Waals surface area contributed by atoms with E-state index in [0.717, 1.165) is 28.3 Å². The van der Waals surface area contributed by atoms with E-state index in [9.17, 15) is 9.90 Å². The lowest BCUT2D eigenvalue weighted by Crippen LogP contribution is -2.22. The molecule has 0 saturated carbocycles. The first-order valence-corrected chi connectivity index (χ1v) is 12.3. The Morgan fingerprint density at radius 3 is 1.97 bits per heavy atom. The maximum Gasteiger partial charge on any atom is 0.345 e. The van der Waals surface area contributed by atoms with Gasteiger partial charge in [-0.25, -0.2) is 4.79 Å². The fraction of sp³-hybridized carbons (Fsp3) is 0.174. The van der Waals surface area contributed by atoms with E-state index in [1.807, 2.05) is 48.5 Å². The number of aromatic hydroxyl groups is 1. The summed E-state index contributed by atoms with van der Waals surface area (Å²) in [6.07, 6.45) is 0.899. The molecule has 0 bridgehead atoms. The number of benzene rings is 3. The molecule has 150 valence electrons. The Morgan fingerprint density at radius 2 is 1.41 bits per heavy atom. The third-order valence-corrected chi connectivity index (χ3v) is 9.11. The molecular weight excluding hydrogens is 705 g/mol.